The Morgan fingerprint density at radius 1 is 1.27 bits per heavy atom. The fourth-order valence-electron chi connectivity index (χ4n) is 4.34. The summed E-state index contributed by atoms with van der Waals surface area (Å²) in [5.74, 6) is -0.00246. The largest absolute Gasteiger partial charge is 0.392 e. The van der Waals surface area contributed by atoms with Crippen molar-refractivity contribution in [1.82, 2.24) is 20.0 Å². The zero-order valence-electron chi connectivity index (χ0n) is 13.4. The molecular weight excluding hydrogens is 284 g/mol. The maximum absolute atomic E-state index is 12.4. The average molecular weight is 310 g/mol. The average Bonchev–Trinajstić information content (AvgIpc) is 2.77. The molecular formula is C15H26N4O3. The second-order valence-corrected chi connectivity index (χ2v) is 7.10. The molecule has 0 aliphatic carbocycles. The van der Waals surface area contributed by atoms with Gasteiger partial charge >= 0.3 is 0 Å². The van der Waals surface area contributed by atoms with Crippen molar-refractivity contribution in [3.63, 3.8) is 0 Å². The number of amides is 2. The van der Waals surface area contributed by atoms with Crippen molar-refractivity contribution in [2.45, 2.75) is 37.5 Å². The van der Waals surface area contributed by atoms with Gasteiger partial charge in [-0.25, -0.2) is 0 Å². The van der Waals surface area contributed by atoms with E-state index in [1.807, 2.05) is 4.90 Å². The Morgan fingerprint density at radius 3 is 2.64 bits per heavy atom. The van der Waals surface area contributed by atoms with Gasteiger partial charge in [-0.2, -0.15) is 0 Å². The Bertz CT molecular complexity index is 464. The Hall–Kier alpha value is -1.18. The number of piperazine rings is 1. The van der Waals surface area contributed by atoms with Crippen LogP contribution in [-0.2, 0) is 9.59 Å². The van der Waals surface area contributed by atoms with E-state index < -0.39 is 0 Å². The molecule has 3 aliphatic heterocycles. The van der Waals surface area contributed by atoms with E-state index in [-0.39, 0.29) is 29.5 Å². The van der Waals surface area contributed by atoms with Crippen molar-refractivity contribution in [3.05, 3.63) is 0 Å². The van der Waals surface area contributed by atoms with Gasteiger partial charge < -0.3 is 20.2 Å². The second-order valence-electron chi connectivity index (χ2n) is 7.10. The first-order valence-corrected chi connectivity index (χ1v) is 8.05. The third-order valence-electron chi connectivity index (χ3n) is 5.11. The molecule has 1 spiro atoms. The molecule has 3 rings (SSSR count). The summed E-state index contributed by atoms with van der Waals surface area (Å²) in [6.45, 7) is 5.92. The van der Waals surface area contributed by atoms with E-state index in [2.05, 4.69) is 22.2 Å². The summed E-state index contributed by atoms with van der Waals surface area (Å²) in [7, 11) is 2.09. The summed E-state index contributed by atoms with van der Waals surface area (Å²) < 4.78 is 0. The summed E-state index contributed by atoms with van der Waals surface area (Å²) in [6, 6.07) is 0.266. The quantitative estimate of drug-likeness (QED) is 0.662. The number of hydrogen-bond acceptors (Lipinski definition) is 5. The third kappa shape index (κ3) is 2.85. The molecule has 2 N–H and O–H groups in total. The first-order valence-electron chi connectivity index (χ1n) is 8.05. The maximum atomic E-state index is 12.4. The number of nitrogens with zero attached hydrogens (tertiary/aromatic N) is 3. The SMILES string of the molecule is CC(=O)NCCC(=O)N1C[C@@H]2C[C@@H](O)CN2C2(CN(C)C2)C1. The molecule has 2 amide bonds. The molecule has 0 saturated carbocycles. The van der Waals surface area contributed by atoms with Crippen LogP contribution >= 0.6 is 0 Å². The predicted octanol–water partition coefficient (Wildman–Crippen LogP) is -1.53. The lowest BCUT2D eigenvalue weighted by Gasteiger charge is -2.60. The van der Waals surface area contributed by atoms with Crippen molar-refractivity contribution >= 4 is 11.8 Å². The van der Waals surface area contributed by atoms with Gasteiger partial charge in [0, 0.05) is 58.7 Å². The maximum Gasteiger partial charge on any atom is 0.224 e. The van der Waals surface area contributed by atoms with Crippen LogP contribution in [0.5, 0.6) is 0 Å². The molecule has 7 heteroatoms. The summed E-state index contributed by atoms with van der Waals surface area (Å²) in [5.41, 5.74) is 0.0127. The Labute approximate surface area is 131 Å². The lowest BCUT2D eigenvalue weighted by molar-refractivity contribution is -0.148. The van der Waals surface area contributed by atoms with Gasteiger partial charge in [-0.3, -0.25) is 14.5 Å². The molecule has 3 heterocycles. The number of aliphatic hydroxyl groups excluding tert-OH is 1. The number of carbonyl (C=O) groups is 2. The van der Waals surface area contributed by atoms with Crippen LogP contribution < -0.4 is 5.32 Å². The number of β-amino-alcohol motifs (C(OH)–C–C–N with tert-alkyl or cyclic N) is 1. The van der Waals surface area contributed by atoms with E-state index in [4.69, 9.17) is 0 Å². The smallest absolute Gasteiger partial charge is 0.224 e. The van der Waals surface area contributed by atoms with Crippen LogP contribution in [0, 0.1) is 0 Å². The molecule has 0 aromatic rings. The second kappa shape index (κ2) is 5.79. The number of likely N-dealkylation sites (tertiary alicyclic amines) is 1. The van der Waals surface area contributed by atoms with Crippen LogP contribution in [0.3, 0.4) is 0 Å². The van der Waals surface area contributed by atoms with E-state index in [1.54, 1.807) is 0 Å². The summed E-state index contributed by atoms with van der Waals surface area (Å²) in [4.78, 5) is 30.0. The highest BCUT2D eigenvalue weighted by Gasteiger charge is 2.55. The van der Waals surface area contributed by atoms with Crippen molar-refractivity contribution in [3.8, 4) is 0 Å². The minimum Gasteiger partial charge on any atom is -0.392 e. The van der Waals surface area contributed by atoms with Crippen LogP contribution in [0.15, 0.2) is 0 Å². The zero-order chi connectivity index (χ0) is 15.9. The fraction of sp³-hybridized carbons (Fsp3) is 0.867. The highest BCUT2D eigenvalue weighted by molar-refractivity contribution is 5.78. The monoisotopic (exact) mass is 310 g/mol. The van der Waals surface area contributed by atoms with Crippen LogP contribution in [0.2, 0.25) is 0 Å². The minimum absolute atomic E-state index is 0.0127. The summed E-state index contributed by atoms with van der Waals surface area (Å²) >= 11 is 0. The van der Waals surface area contributed by atoms with Crippen LogP contribution in [0.25, 0.3) is 0 Å². The molecule has 3 saturated heterocycles. The topological polar surface area (TPSA) is 76.1 Å². The molecule has 0 radical (unpaired) electrons. The highest BCUT2D eigenvalue weighted by atomic mass is 16.3. The standard InChI is InChI=1S/C15H26N4O3/c1-11(20)16-4-3-14(22)18-6-12-5-13(21)7-19(12)15(10-18)8-17(2)9-15/h12-13,21H,3-10H2,1-2H3,(H,16,20)/t12-,13+/m0/s1. The fourth-order valence-corrected chi connectivity index (χ4v) is 4.34. The van der Waals surface area contributed by atoms with Crippen molar-refractivity contribution in [2.75, 3.05) is 46.3 Å². The molecule has 22 heavy (non-hydrogen) atoms. The number of carbonyl (C=O) groups excluding carboxylic acids is 2. The number of hydrogen-bond donors (Lipinski definition) is 2. The number of aliphatic hydroxyl groups is 1. The molecule has 0 bridgehead atoms. The summed E-state index contributed by atoms with van der Waals surface area (Å²) in [6.07, 6.45) is 0.823. The first-order chi connectivity index (χ1) is 10.4. The van der Waals surface area contributed by atoms with E-state index in [9.17, 15) is 14.7 Å². The molecule has 3 aliphatic rings. The number of nitrogens with one attached hydrogen (secondary N) is 1. The Morgan fingerprint density at radius 2 is 2.00 bits per heavy atom. The zero-order valence-corrected chi connectivity index (χ0v) is 13.4. The van der Waals surface area contributed by atoms with Crippen molar-refractivity contribution in [2.24, 2.45) is 0 Å². The minimum atomic E-state index is -0.276. The van der Waals surface area contributed by atoms with Gasteiger partial charge in [-0.05, 0) is 13.5 Å². The van der Waals surface area contributed by atoms with Gasteiger partial charge in [0.05, 0.1) is 11.6 Å². The lowest BCUT2D eigenvalue weighted by atomic mass is 9.84. The van der Waals surface area contributed by atoms with Gasteiger partial charge in [0.25, 0.3) is 0 Å². The molecule has 7 nitrogen and oxygen atoms in total. The van der Waals surface area contributed by atoms with E-state index in [0.29, 0.717) is 19.5 Å². The normalized spacial score (nSPS) is 31.0. The summed E-state index contributed by atoms with van der Waals surface area (Å²) in [5, 5.41) is 12.7. The van der Waals surface area contributed by atoms with Crippen molar-refractivity contribution in [1.29, 1.82) is 0 Å². The van der Waals surface area contributed by atoms with Gasteiger partial charge in [0.2, 0.25) is 11.8 Å². The first kappa shape index (κ1) is 15.7. The third-order valence-corrected chi connectivity index (χ3v) is 5.11. The van der Waals surface area contributed by atoms with Gasteiger partial charge in [-0.15, -0.1) is 0 Å². The Balaban J connectivity index is 1.64. The Kier molecular flexibility index (Phi) is 4.13. The predicted molar refractivity (Wildman–Crippen MR) is 81.2 cm³/mol. The number of rotatable bonds is 3. The molecule has 3 fully saturated rings. The van der Waals surface area contributed by atoms with Crippen LogP contribution in [0.1, 0.15) is 19.8 Å². The van der Waals surface area contributed by atoms with Gasteiger partial charge in [0.15, 0.2) is 0 Å². The molecule has 0 aromatic heterocycles. The molecule has 2 atom stereocenters. The van der Waals surface area contributed by atoms with Crippen LogP contribution in [0.4, 0.5) is 0 Å². The highest BCUT2D eigenvalue weighted by Crippen LogP contribution is 2.38. The molecule has 124 valence electrons. The van der Waals surface area contributed by atoms with Gasteiger partial charge in [-0.1, -0.05) is 0 Å². The lowest BCUT2D eigenvalue weighted by Crippen LogP contribution is -2.77. The molecule has 0 aromatic carbocycles. The van der Waals surface area contributed by atoms with Crippen molar-refractivity contribution < 1.29 is 14.7 Å². The van der Waals surface area contributed by atoms with Gasteiger partial charge in [0.1, 0.15) is 0 Å². The van der Waals surface area contributed by atoms with E-state index in [0.717, 1.165) is 32.6 Å². The van der Waals surface area contributed by atoms with E-state index >= 15 is 0 Å². The molecule has 0 unspecified atom stereocenters. The van der Waals surface area contributed by atoms with Crippen LogP contribution in [-0.4, -0.2) is 95.6 Å². The number of likely N-dealkylation sites (N-methyl/N-ethyl adjacent to an activating group) is 1. The van der Waals surface area contributed by atoms with E-state index in [1.165, 1.54) is 6.92 Å². The number of fused-ring (bicyclic) bond motifs is 2.